The molecule has 0 unspecified atom stereocenters. The lowest BCUT2D eigenvalue weighted by Gasteiger charge is -2.09. The number of carbonyl (C=O) groups is 2. The number of hydrogen-bond acceptors (Lipinski definition) is 5. The van der Waals surface area contributed by atoms with Crippen LogP contribution < -0.4 is 10.6 Å². The van der Waals surface area contributed by atoms with Crippen LogP contribution in [0.4, 0.5) is 5.69 Å². The second-order valence-corrected chi connectivity index (χ2v) is 9.14. The van der Waals surface area contributed by atoms with Crippen LogP contribution in [0.1, 0.15) is 25.6 Å². The molecular weight excluding hydrogens is 426 g/mol. The highest BCUT2D eigenvalue weighted by Gasteiger charge is 2.20. The molecule has 1 aliphatic rings. The van der Waals surface area contributed by atoms with Crippen molar-refractivity contribution in [1.82, 2.24) is 10.3 Å². The number of amides is 2. The minimum Gasteiger partial charge on any atom is -0.347 e. The number of hydrogen-bond donors (Lipinski definition) is 2. The molecule has 0 spiro atoms. The van der Waals surface area contributed by atoms with Gasteiger partial charge in [-0.1, -0.05) is 54.2 Å². The van der Waals surface area contributed by atoms with E-state index in [1.807, 2.05) is 54.6 Å². The van der Waals surface area contributed by atoms with Crippen LogP contribution in [0.15, 0.2) is 88.8 Å². The molecule has 0 bridgehead atoms. The van der Waals surface area contributed by atoms with Gasteiger partial charge >= 0.3 is 0 Å². The monoisotopic (exact) mass is 443 g/mol. The molecule has 2 heterocycles. The average molecular weight is 444 g/mol. The summed E-state index contributed by atoms with van der Waals surface area (Å²) in [7, 11) is 0. The topological polar surface area (TPSA) is 71.1 Å². The van der Waals surface area contributed by atoms with Crippen LogP contribution in [0.25, 0.3) is 10.6 Å². The first kappa shape index (κ1) is 19.5. The standard InChI is InChI=1S/C24H17N3O2S2/c28-22(25-13-17-14-26-24(30-17)15-6-2-1-3-7-15)16-10-11-21-19(12-16)27-23(29)18-8-4-5-9-20(18)31-21/h1-12,14H,13H2,(H,25,28)(H,27,29). The number of fused-ring (bicyclic) bond motifs is 2. The molecule has 1 aromatic heterocycles. The summed E-state index contributed by atoms with van der Waals surface area (Å²) in [6.07, 6.45) is 1.79. The van der Waals surface area contributed by atoms with E-state index in [9.17, 15) is 9.59 Å². The Morgan fingerprint density at radius 3 is 2.65 bits per heavy atom. The zero-order chi connectivity index (χ0) is 21.2. The molecule has 2 N–H and O–H groups in total. The Bertz CT molecular complexity index is 1280. The predicted molar refractivity (Wildman–Crippen MR) is 124 cm³/mol. The Balaban J connectivity index is 1.30. The number of thiazole rings is 1. The highest BCUT2D eigenvalue weighted by Crippen LogP contribution is 2.39. The van der Waals surface area contributed by atoms with Crippen LogP contribution >= 0.6 is 23.1 Å². The molecular formula is C24H17N3O2S2. The average Bonchev–Trinajstić information content (AvgIpc) is 3.23. The van der Waals surface area contributed by atoms with E-state index >= 15 is 0 Å². The van der Waals surface area contributed by atoms with Crippen molar-refractivity contribution >= 4 is 40.6 Å². The van der Waals surface area contributed by atoms with Gasteiger partial charge in [0, 0.05) is 32.0 Å². The van der Waals surface area contributed by atoms with E-state index in [1.165, 1.54) is 11.8 Å². The van der Waals surface area contributed by atoms with Gasteiger partial charge in [0.2, 0.25) is 0 Å². The third kappa shape index (κ3) is 4.10. The van der Waals surface area contributed by atoms with Gasteiger partial charge in [-0.15, -0.1) is 11.3 Å². The smallest absolute Gasteiger partial charge is 0.256 e. The maximum absolute atomic E-state index is 12.7. The van der Waals surface area contributed by atoms with Gasteiger partial charge in [0.1, 0.15) is 5.01 Å². The molecule has 0 radical (unpaired) electrons. The van der Waals surface area contributed by atoms with Crippen LogP contribution in [0.3, 0.4) is 0 Å². The lowest BCUT2D eigenvalue weighted by molar-refractivity contribution is 0.0949. The number of aromatic nitrogens is 1. The molecule has 31 heavy (non-hydrogen) atoms. The molecule has 5 rings (SSSR count). The minimum absolute atomic E-state index is 0.169. The fourth-order valence-electron chi connectivity index (χ4n) is 3.28. The van der Waals surface area contributed by atoms with Crippen molar-refractivity contribution < 1.29 is 9.59 Å². The molecule has 152 valence electrons. The van der Waals surface area contributed by atoms with Gasteiger partial charge in [0.15, 0.2) is 0 Å². The summed E-state index contributed by atoms with van der Waals surface area (Å²) in [4.78, 5) is 32.5. The third-order valence-corrected chi connectivity index (χ3v) is 7.04. The summed E-state index contributed by atoms with van der Waals surface area (Å²) in [6.45, 7) is 0.396. The first-order chi connectivity index (χ1) is 15.2. The first-order valence-corrected chi connectivity index (χ1v) is 11.3. The van der Waals surface area contributed by atoms with Crippen LogP contribution in [0.2, 0.25) is 0 Å². The number of carbonyl (C=O) groups excluding carboxylic acids is 2. The van der Waals surface area contributed by atoms with Crippen molar-refractivity contribution in [1.29, 1.82) is 0 Å². The second kappa shape index (κ2) is 8.37. The van der Waals surface area contributed by atoms with Crippen molar-refractivity contribution in [2.24, 2.45) is 0 Å². The van der Waals surface area contributed by atoms with Gasteiger partial charge in [0.05, 0.1) is 17.8 Å². The van der Waals surface area contributed by atoms with Crippen LogP contribution in [-0.4, -0.2) is 16.8 Å². The van der Waals surface area contributed by atoms with Gasteiger partial charge in [0.25, 0.3) is 11.8 Å². The van der Waals surface area contributed by atoms with Crippen molar-refractivity contribution in [3.8, 4) is 10.6 Å². The van der Waals surface area contributed by atoms with Crippen molar-refractivity contribution in [3.63, 3.8) is 0 Å². The van der Waals surface area contributed by atoms with Gasteiger partial charge in [-0.3, -0.25) is 9.59 Å². The van der Waals surface area contributed by atoms with E-state index in [-0.39, 0.29) is 11.8 Å². The van der Waals surface area contributed by atoms with E-state index in [0.29, 0.717) is 23.4 Å². The van der Waals surface area contributed by atoms with Crippen molar-refractivity contribution in [2.45, 2.75) is 16.3 Å². The van der Waals surface area contributed by atoms with Gasteiger partial charge in [-0.05, 0) is 30.3 Å². The largest absolute Gasteiger partial charge is 0.347 e. The molecule has 4 aromatic rings. The predicted octanol–water partition coefficient (Wildman–Crippen LogP) is 5.46. The molecule has 7 heteroatoms. The number of nitrogens with zero attached hydrogens (tertiary/aromatic N) is 1. The Labute approximate surface area is 187 Å². The summed E-state index contributed by atoms with van der Waals surface area (Å²) >= 11 is 3.07. The fraction of sp³-hybridized carbons (Fsp3) is 0.0417. The zero-order valence-electron chi connectivity index (χ0n) is 16.3. The van der Waals surface area contributed by atoms with Gasteiger partial charge in [-0.2, -0.15) is 0 Å². The van der Waals surface area contributed by atoms with E-state index in [4.69, 9.17) is 0 Å². The summed E-state index contributed by atoms with van der Waals surface area (Å²) in [5, 5.41) is 6.79. The van der Waals surface area contributed by atoms with Crippen LogP contribution in [0.5, 0.6) is 0 Å². The molecule has 0 aliphatic carbocycles. The lowest BCUT2D eigenvalue weighted by atomic mass is 10.1. The molecule has 0 saturated carbocycles. The van der Waals surface area contributed by atoms with Crippen molar-refractivity contribution in [2.75, 3.05) is 5.32 Å². The van der Waals surface area contributed by atoms with E-state index in [0.717, 1.165) is 25.2 Å². The van der Waals surface area contributed by atoms with E-state index in [1.54, 1.807) is 35.7 Å². The third-order valence-electron chi connectivity index (χ3n) is 4.84. The molecule has 5 nitrogen and oxygen atoms in total. The lowest BCUT2D eigenvalue weighted by Crippen LogP contribution is -2.22. The Morgan fingerprint density at radius 1 is 0.968 bits per heavy atom. The molecule has 3 aromatic carbocycles. The van der Waals surface area contributed by atoms with E-state index < -0.39 is 0 Å². The summed E-state index contributed by atoms with van der Waals surface area (Å²) in [6, 6.07) is 22.8. The fourth-order valence-corrected chi connectivity index (χ4v) is 5.15. The maximum Gasteiger partial charge on any atom is 0.256 e. The summed E-state index contributed by atoms with van der Waals surface area (Å²) in [5.41, 5.74) is 2.83. The quantitative estimate of drug-likeness (QED) is 0.440. The Kier molecular flexibility index (Phi) is 5.28. The Morgan fingerprint density at radius 2 is 1.77 bits per heavy atom. The zero-order valence-corrected chi connectivity index (χ0v) is 17.9. The van der Waals surface area contributed by atoms with E-state index in [2.05, 4.69) is 15.6 Å². The number of benzene rings is 3. The van der Waals surface area contributed by atoms with Gasteiger partial charge < -0.3 is 10.6 Å². The highest BCUT2D eigenvalue weighted by atomic mass is 32.2. The maximum atomic E-state index is 12.7. The van der Waals surface area contributed by atoms with Crippen molar-refractivity contribution in [3.05, 3.63) is 95.0 Å². The number of anilines is 1. The minimum atomic E-state index is -0.196. The first-order valence-electron chi connectivity index (χ1n) is 9.68. The molecule has 1 aliphatic heterocycles. The van der Waals surface area contributed by atoms with Crippen LogP contribution in [-0.2, 0) is 6.54 Å². The molecule has 0 atom stereocenters. The molecule has 2 amide bonds. The highest BCUT2D eigenvalue weighted by molar-refractivity contribution is 7.99. The Hall–Kier alpha value is -3.42. The number of nitrogens with one attached hydrogen (secondary N) is 2. The molecule has 0 fully saturated rings. The van der Waals surface area contributed by atoms with Crippen LogP contribution in [0, 0.1) is 0 Å². The normalized spacial score (nSPS) is 12.3. The second-order valence-electron chi connectivity index (χ2n) is 6.94. The number of rotatable bonds is 4. The SMILES string of the molecule is O=C(NCc1cnc(-c2ccccc2)s1)c1ccc2c(c1)NC(=O)c1ccccc1S2. The van der Waals surface area contributed by atoms with Gasteiger partial charge in [-0.25, -0.2) is 4.98 Å². The summed E-state index contributed by atoms with van der Waals surface area (Å²) in [5.74, 6) is -0.365. The molecule has 0 saturated heterocycles. The summed E-state index contributed by atoms with van der Waals surface area (Å²) < 4.78 is 0.